The number of anilines is 1. The number of nitrogens with one attached hydrogen (secondary N) is 1. The van der Waals surface area contributed by atoms with E-state index < -0.39 is 5.34 Å². The molecule has 0 spiro atoms. The second-order valence-electron chi connectivity index (χ2n) is 7.81. The number of pyridine rings is 2. The molecule has 6 nitrogen and oxygen atoms in total. The van der Waals surface area contributed by atoms with E-state index in [1.165, 1.54) is 6.42 Å². The first-order valence-electron chi connectivity index (χ1n) is 10.2. The normalized spacial score (nSPS) is 16.5. The number of nitrogens with zero attached hydrogens (tertiary/aromatic N) is 4. The first-order chi connectivity index (χ1) is 14.9. The second kappa shape index (κ2) is 8.83. The maximum absolute atomic E-state index is 9.64. The maximum Gasteiger partial charge on any atom is 0.213 e. The number of nitriles is 1. The van der Waals surface area contributed by atoms with Crippen molar-refractivity contribution < 1.29 is 4.74 Å². The zero-order valence-corrected chi connectivity index (χ0v) is 17.8. The summed E-state index contributed by atoms with van der Waals surface area (Å²) in [5, 5.41) is 11.6. The fraction of sp³-hybridized carbons (Fsp3) is 0.409. The minimum Gasteiger partial charge on any atom is -0.474 e. The summed E-state index contributed by atoms with van der Waals surface area (Å²) >= 11 is 6.27. The van der Waals surface area contributed by atoms with Crippen molar-refractivity contribution in [2.24, 2.45) is 0 Å². The van der Waals surface area contributed by atoms with Gasteiger partial charge in [0.05, 0.1) is 27.8 Å². The number of ether oxygens (including phenoxy) is 1. The molecule has 1 aliphatic carbocycles. The molecule has 2 aromatic rings. The Balaban J connectivity index is 1.59. The van der Waals surface area contributed by atoms with Gasteiger partial charge in [0.15, 0.2) is 0 Å². The van der Waals surface area contributed by atoms with Gasteiger partial charge in [-0.15, -0.1) is 6.42 Å². The van der Waals surface area contributed by atoms with Crippen LogP contribution in [0.5, 0.6) is 5.88 Å². The topological polar surface area (TPSA) is 74.1 Å². The van der Waals surface area contributed by atoms with E-state index in [4.69, 9.17) is 38.5 Å². The summed E-state index contributed by atoms with van der Waals surface area (Å²) in [6.45, 7) is 1.22. The standard InChI is InChI=1S/C22H20B2ClN5O/c1-2-9-27-21-16-8-10-30(13-18(16)17(11-26)20(25)29-21)22(23,24)14-6-7-19(28-12-14)31-15-4-3-5-15/h1,6-7,12,15H,3-5,8-10,13H2,(H,27,29). The van der Waals surface area contributed by atoms with Crippen molar-refractivity contribution in [2.75, 3.05) is 18.4 Å². The van der Waals surface area contributed by atoms with Gasteiger partial charge in [-0.2, -0.15) is 5.26 Å². The molecule has 1 saturated carbocycles. The van der Waals surface area contributed by atoms with Crippen molar-refractivity contribution in [3.05, 3.63) is 45.7 Å². The van der Waals surface area contributed by atoms with Crippen molar-refractivity contribution in [1.29, 1.82) is 5.26 Å². The van der Waals surface area contributed by atoms with Crippen LogP contribution >= 0.6 is 11.6 Å². The van der Waals surface area contributed by atoms with Crippen LogP contribution in [0.25, 0.3) is 0 Å². The minimum atomic E-state index is -1.28. The van der Waals surface area contributed by atoms with E-state index in [-0.39, 0.29) is 11.3 Å². The molecule has 1 aliphatic heterocycles. The van der Waals surface area contributed by atoms with Crippen LogP contribution in [0.2, 0.25) is 5.15 Å². The number of hydrogen-bond donors (Lipinski definition) is 1. The average Bonchev–Trinajstić information content (AvgIpc) is 2.74. The molecule has 1 fully saturated rings. The van der Waals surface area contributed by atoms with Crippen molar-refractivity contribution in [3.63, 3.8) is 0 Å². The van der Waals surface area contributed by atoms with Crippen molar-refractivity contribution >= 4 is 33.1 Å². The summed E-state index contributed by atoms with van der Waals surface area (Å²) < 4.78 is 5.81. The van der Waals surface area contributed by atoms with Crippen molar-refractivity contribution in [1.82, 2.24) is 14.9 Å². The molecule has 3 heterocycles. The van der Waals surface area contributed by atoms with Gasteiger partial charge in [-0.3, -0.25) is 0 Å². The number of rotatable bonds is 6. The molecule has 1 N–H and O–H groups in total. The van der Waals surface area contributed by atoms with Crippen LogP contribution in [0, 0.1) is 23.7 Å². The Labute approximate surface area is 190 Å². The highest BCUT2D eigenvalue weighted by Gasteiger charge is 2.34. The van der Waals surface area contributed by atoms with Gasteiger partial charge in [0.1, 0.15) is 23.1 Å². The van der Waals surface area contributed by atoms with Crippen LogP contribution in [0.1, 0.15) is 41.5 Å². The Morgan fingerprint density at radius 3 is 2.77 bits per heavy atom. The molecule has 2 aromatic heterocycles. The molecule has 0 amide bonds. The van der Waals surface area contributed by atoms with Crippen LogP contribution in [-0.4, -0.2) is 49.8 Å². The van der Waals surface area contributed by atoms with Crippen LogP contribution in [0.3, 0.4) is 0 Å². The monoisotopic (exact) mass is 427 g/mol. The zero-order chi connectivity index (χ0) is 22.0. The first-order valence-corrected chi connectivity index (χ1v) is 10.6. The van der Waals surface area contributed by atoms with Crippen LogP contribution in [0.4, 0.5) is 5.82 Å². The molecule has 0 saturated heterocycles. The van der Waals surface area contributed by atoms with Gasteiger partial charge in [-0.05, 0) is 42.1 Å². The molecule has 0 unspecified atom stereocenters. The van der Waals surface area contributed by atoms with Crippen LogP contribution in [-0.2, 0) is 18.3 Å². The lowest BCUT2D eigenvalue weighted by Crippen LogP contribution is -2.50. The Kier molecular flexibility index (Phi) is 6.14. The van der Waals surface area contributed by atoms with E-state index in [1.807, 2.05) is 11.0 Å². The minimum absolute atomic E-state index is 0.126. The molecular weight excluding hydrogens is 407 g/mol. The van der Waals surface area contributed by atoms with E-state index in [2.05, 4.69) is 27.3 Å². The summed E-state index contributed by atoms with van der Waals surface area (Å²) in [5.41, 5.74) is 2.64. The van der Waals surface area contributed by atoms with E-state index in [1.54, 1.807) is 12.3 Å². The van der Waals surface area contributed by atoms with E-state index in [0.29, 0.717) is 48.9 Å². The SMILES string of the molecule is [B]C([B])(c1ccc(OC2CCC2)nc1)N1CCc2c(NCC#C)nc(Cl)c(C#N)c2C1. The van der Waals surface area contributed by atoms with Gasteiger partial charge in [-0.1, -0.05) is 23.6 Å². The lowest BCUT2D eigenvalue weighted by molar-refractivity contribution is 0.114. The molecule has 31 heavy (non-hydrogen) atoms. The van der Waals surface area contributed by atoms with Gasteiger partial charge in [0.2, 0.25) is 5.88 Å². The molecule has 2 aliphatic rings. The van der Waals surface area contributed by atoms with Gasteiger partial charge < -0.3 is 15.0 Å². The Hall–Kier alpha value is -2.67. The lowest BCUT2D eigenvalue weighted by atomic mass is 9.56. The summed E-state index contributed by atoms with van der Waals surface area (Å²) in [6, 6.07) is 5.78. The number of terminal acetylenes is 1. The van der Waals surface area contributed by atoms with Gasteiger partial charge in [0.25, 0.3) is 0 Å². The summed E-state index contributed by atoms with van der Waals surface area (Å²) in [6.07, 6.45) is 11.2. The largest absolute Gasteiger partial charge is 0.474 e. The Morgan fingerprint density at radius 2 is 2.16 bits per heavy atom. The fourth-order valence-electron chi connectivity index (χ4n) is 3.84. The Morgan fingerprint density at radius 1 is 1.35 bits per heavy atom. The van der Waals surface area contributed by atoms with Gasteiger partial charge in [-0.25, -0.2) is 9.97 Å². The van der Waals surface area contributed by atoms with Gasteiger partial charge >= 0.3 is 0 Å². The number of halogens is 1. The highest BCUT2D eigenvalue weighted by molar-refractivity contribution is 6.39. The third-order valence-corrected chi connectivity index (χ3v) is 6.15. The smallest absolute Gasteiger partial charge is 0.213 e. The number of hydrogen-bond acceptors (Lipinski definition) is 6. The highest BCUT2D eigenvalue weighted by atomic mass is 35.5. The third kappa shape index (κ3) is 4.24. The molecule has 152 valence electrons. The summed E-state index contributed by atoms with van der Waals surface area (Å²) in [7, 11) is 13.1. The molecule has 0 aromatic carbocycles. The summed E-state index contributed by atoms with van der Waals surface area (Å²) in [5.74, 6) is 3.69. The molecule has 4 rings (SSSR count). The number of aromatic nitrogens is 2. The highest BCUT2D eigenvalue weighted by Crippen LogP contribution is 2.35. The molecule has 0 bridgehead atoms. The zero-order valence-electron chi connectivity index (χ0n) is 17.1. The lowest BCUT2D eigenvalue weighted by Gasteiger charge is -2.43. The third-order valence-electron chi connectivity index (χ3n) is 5.88. The van der Waals surface area contributed by atoms with Crippen LogP contribution in [0.15, 0.2) is 18.3 Å². The second-order valence-corrected chi connectivity index (χ2v) is 8.16. The molecule has 4 radical (unpaired) electrons. The fourth-order valence-corrected chi connectivity index (χ4v) is 4.08. The van der Waals surface area contributed by atoms with Gasteiger partial charge in [0, 0.05) is 30.9 Å². The van der Waals surface area contributed by atoms with Crippen LogP contribution < -0.4 is 10.1 Å². The molecule has 9 heteroatoms. The average molecular weight is 428 g/mol. The quantitative estimate of drug-likeness (QED) is 0.434. The van der Waals surface area contributed by atoms with Crippen molar-refractivity contribution in [3.8, 4) is 24.3 Å². The Bertz CT molecular complexity index is 1060. The van der Waals surface area contributed by atoms with E-state index in [0.717, 1.165) is 24.0 Å². The predicted octanol–water partition coefficient (Wildman–Crippen LogP) is 2.48. The van der Waals surface area contributed by atoms with Crippen molar-refractivity contribution in [2.45, 2.75) is 43.7 Å². The number of fused-ring (bicyclic) bond motifs is 1. The van der Waals surface area contributed by atoms with E-state index in [9.17, 15) is 5.26 Å². The molecule has 0 atom stereocenters. The maximum atomic E-state index is 9.64. The van der Waals surface area contributed by atoms with E-state index >= 15 is 0 Å². The first kappa shape index (κ1) is 21.6. The predicted molar refractivity (Wildman–Crippen MR) is 121 cm³/mol. The molecular formula is C22H20B2ClN5O. The summed E-state index contributed by atoms with van der Waals surface area (Å²) in [4.78, 5) is 10.6.